The van der Waals surface area contributed by atoms with Crippen LogP contribution < -0.4 is 9.64 Å². The first-order valence-corrected chi connectivity index (χ1v) is 11.1. The molecule has 2 saturated heterocycles. The first-order chi connectivity index (χ1) is 15.0. The lowest BCUT2D eigenvalue weighted by molar-refractivity contribution is -0.137. The highest BCUT2D eigenvalue weighted by Crippen LogP contribution is 2.28. The highest BCUT2D eigenvalue weighted by Gasteiger charge is 2.37. The molecule has 0 aliphatic carbocycles. The first kappa shape index (κ1) is 21.4. The van der Waals surface area contributed by atoms with Gasteiger partial charge in [0.15, 0.2) is 0 Å². The summed E-state index contributed by atoms with van der Waals surface area (Å²) in [4.78, 5) is 31.7. The minimum atomic E-state index is -0.264. The second kappa shape index (κ2) is 9.52. The summed E-state index contributed by atoms with van der Waals surface area (Å²) in [5.41, 5.74) is 2.12. The van der Waals surface area contributed by atoms with Gasteiger partial charge in [-0.2, -0.15) is 0 Å². The van der Waals surface area contributed by atoms with Crippen LogP contribution in [0.1, 0.15) is 25.8 Å². The largest absolute Gasteiger partial charge is 0.491 e. The maximum absolute atomic E-state index is 13.1. The van der Waals surface area contributed by atoms with Crippen LogP contribution in [-0.4, -0.2) is 60.4 Å². The predicted molar refractivity (Wildman–Crippen MR) is 121 cm³/mol. The van der Waals surface area contributed by atoms with Crippen LogP contribution in [0.5, 0.6) is 5.75 Å². The second-order valence-electron chi connectivity index (χ2n) is 8.65. The number of ether oxygens (including phenoxy) is 1. The van der Waals surface area contributed by atoms with E-state index in [0.717, 1.165) is 44.2 Å². The average molecular weight is 422 g/mol. The standard InChI is InChI=1S/C25H31N3O3/c1-19(2)31-23-10-8-22(9-11-23)28-18-21(16-24(28)29)25(30)27-14-12-26(13-15-27)17-20-6-4-3-5-7-20/h3-11,19,21H,12-18H2,1-2H3/t21-/m1/s1. The molecule has 2 aromatic carbocycles. The molecule has 2 aromatic rings. The van der Waals surface area contributed by atoms with Crippen LogP contribution in [0.25, 0.3) is 0 Å². The number of carbonyl (C=O) groups excluding carboxylic acids is 2. The van der Waals surface area contributed by atoms with Gasteiger partial charge in [0.25, 0.3) is 0 Å². The van der Waals surface area contributed by atoms with E-state index in [9.17, 15) is 9.59 Å². The molecule has 2 fully saturated rings. The molecule has 2 heterocycles. The van der Waals surface area contributed by atoms with Crippen LogP contribution in [0.15, 0.2) is 54.6 Å². The normalized spacial score (nSPS) is 19.8. The van der Waals surface area contributed by atoms with Crippen molar-refractivity contribution in [3.05, 3.63) is 60.2 Å². The Morgan fingerprint density at radius 3 is 2.32 bits per heavy atom. The smallest absolute Gasteiger partial charge is 0.228 e. The van der Waals surface area contributed by atoms with E-state index in [0.29, 0.717) is 6.54 Å². The molecule has 164 valence electrons. The molecule has 6 heteroatoms. The molecule has 0 unspecified atom stereocenters. The van der Waals surface area contributed by atoms with Gasteiger partial charge in [-0.25, -0.2) is 0 Å². The third-order valence-electron chi connectivity index (χ3n) is 5.93. The zero-order chi connectivity index (χ0) is 21.8. The van der Waals surface area contributed by atoms with Gasteiger partial charge in [0.05, 0.1) is 12.0 Å². The molecule has 2 amide bonds. The molecule has 6 nitrogen and oxygen atoms in total. The predicted octanol–water partition coefficient (Wildman–Crippen LogP) is 3.17. The van der Waals surface area contributed by atoms with Gasteiger partial charge < -0.3 is 14.5 Å². The summed E-state index contributed by atoms with van der Waals surface area (Å²) in [6.07, 6.45) is 0.391. The van der Waals surface area contributed by atoms with Crippen LogP contribution in [-0.2, 0) is 16.1 Å². The Morgan fingerprint density at radius 2 is 1.68 bits per heavy atom. The van der Waals surface area contributed by atoms with Crippen molar-refractivity contribution in [3.8, 4) is 5.75 Å². The van der Waals surface area contributed by atoms with Crippen LogP contribution in [0.4, 0.5) is 5.69 Å². The Hall–Kier alpha value is -2.86. The molecule has 0 bridgehead atoms. The van der Waals surface area contributed by atoms with Crippen LogP contribution in [0, 0.1) is 5.92 Å². The number of hydrogen-bond acceptors (Lipinski definition) is 4. The quantitative estimate of drug-likeness (QED) is 0.719. The van der Waals surface area contributed by atoms with E-state index in [1.165, 1.54) is 5.56 Å². The number of benzene rings is 2. The maximum Gasteiger partial charge on any atom is 0.228 e. The first-order valence-electron chi connectivity index (χ1n) is 11.1. The van der Waals surface area contributed by atoms with Gasteiger partial charge in [-0.15, -0.1) is 0 Å². The fraction of sp³-hybridized carbons (Fsp3) is 0.440. The molecule has 4 rings (SSSR count). The van der Waals surface area contributed by atoms with Crippen molar-refractivity contribution in [2.45, 2.75) is 32.9 Å². The summed E-state index contributed by atoms with van der Waals surface area (Å²) >= 11 is 0. The summed E-state index contributed by atoms with van der Waals surface area (Å²) in [6.45, 7) is 8.49. The monoisotopic (exact) mass is 421 g/mol. The number of anilines is 1. The van der Waals surface area contributed by atoms with E-state index in [1.54, 1.807) is 4.90 Å². The van der Waals surface area contributed by atoms with Crippen LogP contribution >= 0.6 is 0 Å². The maximum atomic E-state index is 13.1. The summed E-state index contributed by atoms with van der Waals surface area (Å²) < 4.78 is 5.68. The third-order valence-corrected chi connectivity index (χ3v) is 5.93. The fourth-order valence-electron chi connectivity index (χ4n) is 4.33. The summed E-state index contributed by atoms with van der Waals surface area (Å²) in [5, 5.41) is 0. The Bertz CT molecular complexity index is 890. The molecule has 0 spiro atoms. The van der Waals surface area contributed by atoms with Crippen molar-refractivity contribution in [1.29, 1.82) is 0 Å². The molecule has 2 aliphatic heterocycles. The lowest BCUT2D eigenvalue weighted by Crippen LogP contribution is -2.50. The van der Waals surface area contributed by atoms with Crippen molar-refractivity contribution in [2.24, 2.45) is 5.92 Å². The van der Waals surface area contributed by atoms with Gasteiger partial charge in [-0.1, -0.05) is 30.3 Å². The second-order valence-corrected chi connectivity index (χ2v) is 8.65. The Balaban J connectivity index is 1.30. The van der Waals surface area contributed by atoms with E-state index in [4.69, 9.17) is 4.74 Å². The fourth-order valence-corrected chi connectivity index (χ4v) is 4.33. The van der Waals surface area contributed by atoms with Crippen molar-refractivity contribution in [1.82, 2.24) is 9.80 Å². The SMILES string of the molecule is CC(C)Oc1ccc(N2C[C@H](C(=O)N3CCN(Cc4ccccc4)CC3)CC2=O)cc1. The van der Waals surface area contributed by atoms with E-state index >= 15 is 0 Å². The van der Waals surface area contributed by atoms with Gasteiger partial charge in [-0.3, -0.25) is 14.5 Å². The van der Waals surface area contributed by atoms with Gasteiger partial charge in [0.2, 0.25) is 11.8 Å². The average Bonchev–Trinajstić information content (AvgIpc) is 3.16. The van der Waals surface area contributed by atoms with Crippen molar-refractivity contribution < 1.29 is 14.3 Å². The Kier molecular flexibility index (Phi) is 6.56. The summed E-state index contributed by atoms with van der Waals surface area (Å²) in [7, 11) is 0. The number of amides is 2. The molecule has 0 radical (unpaired) electrons. The van der Waals surface area contributed by atoms with Crippen LogP contribution in [0.3, 0.4) is 0 Å². The molecule has 0 saturated carbocycles. The van der Waals surface area contributed by atoms with Crippen LogP contribution in [0.2, 0.25) is 0 Å². The lowest BCUT2D eigenvalue weighted by Gasteiger charge is -2.36. The number of hydrogen-bond donors (Lipinski definition) is 0. The number of carbonyl (C=O) groups is 2. The van der Waals surface area contributed by atoms with E-state index in [1.807, 2.05) is 49.1 Å². The van der Waals surface area contributed by atoms with Crippen molar-refractivity contribution >= 4 is 17.5 Å². The molecular formula is C25H31N3O3. The van der Waals surface area contributed by atoms with Gasteiger partial charge in [0, 0.05) is 51.4 Å². The number of rotatable bonds is 6. The third kappa shape index (κ3) is 5.25. The zero-order valence-corrected chi connectivity index (χ0v) is 18.4. The minimum absolute atomic E-state index is 0.0126. The Labute approximate surface area is 184 Å². The molecule has 31 heavy (non-hydrogen) atoms. The number of piperazine rings is 1. The van der Waals surface area contributed by atoms with Gasteiger partial charge >= 0.3 is 0 Å². The van der Waals surface area contributed by atoms with E-state index in [-0.39, 0.29) is 30.3 Å². The molecular weight excluding hydrogens is 390 g/mol. The zero-order valence-electron chi connectivity index (χ0n) is 18.4. The minimum Gasteiger partial charge on any atom is -0.491 e. The van der Waals surface area contributed by atoms with Crippen molar-refractivity contribution in [2.75, 3.05) is 37.6 Å². The summed E-state index contributed by atoms with van der Waals surface area (Å²) in [6, 6.07) is 18.0. The van der Waals surface area contributed by atoms with E-state index in [2.05, 4.69) is 29.2 Å². The number of nitrogens with zero attached hydrogens (tertiary/aromatic N) is 3. The molecule has 1 atom stereocenters. The topological polar surface area (TPSA) is 53.1 Å². The molecule has 2 aliphatic rings. The van der Waals surface area contributed by atoms with Gasteiger partial charge in [-0.05, 0) is 43.7 Å². The molecule has 0 aromatic heterocycles. The lowest BCUT2D eigenvalue weighted by atomic mass is 10.1. The van der Waals surface area contributed by atoms with E-state index < -0.39 is 0 Å². The highest BCUT2D eigenvalue weighted by molar-refractivity contribution is 6.00. The van der Waals surface area contributed by atoms with Crippen molar-refractivity contribution in [3.63, 3.8) is 0 Å². The Morgan fingerprint density at radius 1 is 1.00 bits per heavy atom. The summed E-state index contributed by atoms with van der Waals surface area (Å²) in [5.74, 6) is 0.639. The van der Waals surface area contributed by atoms with Gasteiger partial charge in [0.1, 0.15) is 5.75 Å². The molecule has 0 N–H and O–H groups in total. The highest BCUT2D eigenvalue weighted by atomic mass is 16.5.